The molecule has 0 saturated carbocycles. The predicted octanol–water partition coefficient (Wildman–Crippen LogP) is 3.48. The Kier molecular flexibility index (Phi) is 5.49. The highest BCUT2D eigenvalue weighted by Crippen LogP contribution is 2.33. The summed E-state index contributed by atoms with van der Waals surface area (Å²) in [6.07, 6.45) is 3.59. The summed E-state index contributed by atoms with van der Waals surface area (Å²) >= 11 is 0. The zero-order valence-corrected chi connectivity index (χ0v) is 14.2. The smallest absolute Gasteiger partial charge is 0.312 e. The average molecular weight is 337 g/mol. The molecule has 2 N–H and O–H groups in total. The van der Waals surface area contributed by atoms with E-state index in [1.165, 1.54) is 11.1 Å². The van der Waals surface area contributed by atoms with Crippen LogP contribution in [0.25, 0.3) is 0 Å². The fourth-order valence-electron chi connectivity index (χ4n) is 3.61. The Hall–Kier alpha value is -2.62. The van der Waals surface area contributed by atoms with Gasteiger partial charge in [0.05, 0.1) is 5.92 Å². The van der Waals surface area contributed by atoms with Crippen LogP contribution >= 0.6 is 0 Å². The van der Waals surface area contributed by atoms with Crippen molar-refractivity contribution in [1.29, 1.82) is 0 Å². The highest BCUT2D eigenvalue weighted by molar-refractivity contribution is 5.80. The molecule has 0 heterocycles. The van der Waals surface area contributed by atoms with Crippen molar-refractivity contribution >= 4 is 11.9 Å². The molecule has 4 nitrogen and oxygen atoms in total. The molecule has 1 aliphatic carbocycles. The summed E-state index contributed by atoms with van der Waals surface area (Å²) in [5.74, 6) is -1.49. The van der Waals surface area contributed by atoms with Crippen LogP contribution in [0.15, 0.2) is 54.6 Å². The standard InChI is InChI=1S/C21H23NO3/c23-20(13-17-11-6-10-15-9-4-5-12-18(15)17)22-14-19(21(24)25)16-7-2-1-3-8-16/h1-5,7-9,12,17,19H,6,10-11,13-14H2,(H,22,23)(H,24,25). The summed E-state index contributed by atoms with van der Waals surface area (Å²) in [6, 6.07) is 17.3. The van der Waals surface area contributed by atoms with Crippen LogP contribution in [0.2, 0.25) is 0 Å². The molecule has 2 unspecified atom stereocenters. The maximum Gasteiger partial charge on any atom is 0.312 e. The van der Waals surface area contributed by atoms with E-state index in [0.717, 1.165) is 19.3 Å². The summed E-state index contributed by atoms with van der Waals surface area (Å²) in [5.41, 5.74) is 3.30. The van der Waals surface area contributed by atoms with Crippen LogP contribution in [0, 0.1) is 0 Å². The minimum absolute atomic E-state index is 0.0797. The van der Waals surface area contributed by atoms with Crippen LogP contribution in [-0.4, -0.2) is 23.5 Å². The zero-order chi connectivity index (χ0) is 17.6. The summed E-state index contributed by atoms with van der Waals surface area (Å²) in [5, 5.41) is 12.3. The highest BCUT2D eigenvalue weighted by Gasteiger charge is 2.24. The van der Waals surface area contributed by atoms with Crippen molar-refractivity contribution in [3.63, 3.8) is 0 Å². The van der Waals surface area contributed by atoms with Crippen molar-refractivity contribution in [2.45, 2.75) is 37.5 Å². The molecule has 0 radical (unpaired) electrons. The number of carbonyl (C=O) groups excluding carboxylic acids is 1. The van der Waals surface area contributed by atoms with Gasteiger partial charge in [-0.2, -0.15) is 0 Å². The minimum atomic E-state index is -0.922. The van der Waals surface area contributed by atoms with Gasteiger partial charge in [0, 0.05) is 13.0 Å². The fourth-order valence-corrected chi connectivity index (χ4v) is 3.61. The van der Waals surface area contributed by atoms with E-state index in [4.69, 9.17) is 0 Å². The number of fused-ring (bicyclic) bond motifs is 1. The van der Waals surface area contributed by atoms with E-state index in [0.29, 0.717) is 12.0 Å². The zero-order valence-electron chi connectivity index (χ0n) is 14.2. The molecule has 130 valence electrons. The van der Waals surface area contributed by atoms with Gasteiger partial charge >= 0.3 is 5.97 Å². The summed E-state index contributed by atoms with van der Waals surface area (Å²) < 4.78 is 0. The number of aliphatic carboxylic acids is 1. The highest BCUT2D eigenvalue weighted by atomic mass is 16.4. The van der Waals surface area contributed by atoms with Crippen LogP contribution in [0.1, 0.15) is 47.8 Å². The molecule has 1 amide bonds. The molecule has 2 aromatic carbocycles. The normalized spacial score (nSPS) is 17.4. The lowest BCUT2D eigenvalue weighted by molar-refractivity contribution is -0.138. The number of hydrogen-bond acceptors (Lipinski definition) is 2. The Balaban J connectivity index is 1.60. The van der Waals surface area contributed by atoms with Gasteiger partial charge in [0.15, 0.2) is 0 Å². The van der Waals surface area contributed by atoms with E-state index in [1.54, 1.807) is 12.1 Å². The van der Waals surface area contributed by atoms with E-state index in [2.05, 4.69) is 17.4 Å². The molecule has 1 aliphatic rings. The van der Waals surface area contributed by atoms with Gasteiger partial charge in [0.25, 0.3) is 0 Å². The van der Waals surface area contributed by atoms with Crippen molar-refractivity contribution in [1.82, 2.24) is 5.32 Å². The molecular formula is C21H23NO3. The second-order valence-electron chi connectivity index (χ2n) is 6.60. The number of carboxylic acids is 1. The molecule has 25 heavy (non-hydrogen) atoms. The first-order valence-corrected chi connectivity index (χ1v) is 8.77. The van der Waals surface area contributed by atoms with Crippen LogP contribution in [0.5, 0.6) is 0 Å². The molecule has 0 aromatic heterocycles. The third-order valence-corrected chi connectivity index (χ3v) is 4.93. The van der Waals surface area contributed by atoms with Crippen LogP contribution in [0.4, 0.5) is 0 Å². The molecule has 0 aliphatic heterocycles. The first-order chi connectivity index (χ1) is 12.1. The third-order valence-electron chi connectivity index (χ3n) is 4.93. The number of carbonyl (C=O) groups is 2. The lowest BCUT2D eigenvalue weighted by atomic mass is 9.81. The summed E-state index contributed by atoms with van der Waals surface area (Å²) in [6.45, 7) is 0.118. The van der Waals surface area contributed by atoms with E-state index in [1.807, 2.05) is 30.3 Å². The third kappa shape index (κ3) is 4.27. The number of hydrogen-bond donors (Lipinski definition) is 2. The topological polar surface area (TPSA) is 66.4 Å². The van der Waals surface area contributed by atoms with E-state index >= 15 is 0 Å². The first kappa shape index (κ1) is 17.2. The quantitative estimate of drug-likeness (QED) is 0.848. The molecule has 0 bridgehead atoms. The molecule has 0 saturated heterocycles. The Morgan fingerprint density at radius 2 is 1.80 bits per heavy atom. The second-order valence-corrected chi connectivity index (χ2v) is 6.60. The lowest BCUT2D eigenvalue weighted by Crippen LogP contribution is -2.32. The second kappa shape index (κ2) is 7.97. The van der Waals surface area contributed by atoms with E-state index in [9.17, 15) is 14.7 Å². The Labute approximate surface area is 147 Å². The minimum Gasteiger partial charge on any atom is -0.481 e. The molecular weight excluding hydrogens is 314 g/mol. The number of nitrogens with one attached hydrogen (secondary N) is 1. The van der Waals surface area contributed by atoms with Crippen molar-refractivity contribution in [3.8, 4) is 0 Å². The summed E-state index contributed by atoms with van der Waals surface area (Å²) in [7, 11) is 0. The van der Waals surface area contributed by atoms with Crippen LogP contribution in [0.3, 0.4) is 0 Å². The van der Waals surface area contributed by atoms with Gasteiger partial charge < -0.3 is 10.4 Å². The van der Waals surface area contributed by atoms with Gasteiger partial charge in [-0.15, -0.1) is 0 Å². The molecule has 0 fully saturated rings. The Morgan fingerprint density at radius 1 is 1.08 bits per heavy atom. The van der Waals surface area contributed by atoms with Gasteiger partial charge in [0.2, 0.25) is 5.91 Å². The number of amides is 1. The largest absolute Gasteiger partial charge is 0.481 e. The maximum absolute atomic E-state index is 12.4. The van der Waals surface area contributed by atoms with Gasteiger partial charge in [-0.3, -0.25) is 9.59 Å². The molecule has 0 spiro atoms. The van der Waals surface area contributed by atoms with Gasteiger partial charge in [-0.05, 0) is 41.9 Å². The molecule has 4 heteroatoms. The van der Waals surface area contributed by atoms with Crippen LogP contribution in [-0.2, 0) is 16.0 Å². The van der Waals surface area contributed by atoms with Crippen molar-refractivity contribution in [2.75, 3.05) is 6.54 Å². The fraction of sp³-hybridized carbons (Fsp3) is 0.333. The van der Waals surface area contributed by atoms with Crippen molar-refractivity contribution in [2.24, 2.45) is 0 Å². The number of benzene rings is 2. The van der Waals surface area contributed by atoms with E-state index < -0.39 is 11.9 Å². The molecule has 3 rings (SSSR count). The van der Waals surface area contributed by atoms with Gasteiger partial charge in [-0.1, -0.05) is 54.6 Å². The molecule has 2 aromatic rings. The number of rotatable bonds is 6. The summed E-state index contributed by atoms with van der Waals surface area (Å²) in [4.78, 5) is 23.9. The predicted molar refractivity (Wildman–Crippen MR) is 96.6 cm³/mol. The first-order valence-electron chi connectivity index (χ1n) is 8.77. The van der Waals surface area contributed by atoms with Gasteiger partial charge in [0.1, 0.15) is 0 Å². The van der Waals surface area contributed by atoms with Crippen molar-refractivity contribution in [3.05, 3.63) is 71.3 Å². The monoisotopic (exact) mass is 337 g/mol. The molecule has 2 atom stereocenters. The number of aryl methyl sites for hydroxylation is 1. The van der Waals surface area contributed by atoms with E-state index in [-0.39, 0.29) is 18.4 Å². The van der Waals surface area contributed by atoms with Gasteiger partial charge in [-0.25, -0.2) is 0 Å². The maximum atomic E-state index is 12.4. The average Bonchev–Trinajstić information content (AvgIpc) is 2.63. The number of carboxylic acid groups (broad SMARTS) is 1. The lowest BCUT2D eigenvalue weighted by Gasteiger charge is -2.25. The SMILES string of the molecule is O=C(CC1CCCc2ccccc21)NCC(C(=O)O)c1ccccc1. The van der Waals surface area contributed by atoms with Crippen LogP contribution < -0.4 is 5.32 Å². The Morgan fingerprint density at radius 3 is 2.56 bits per heavy atom. The van der Waals surface area contributed by atoms with Crippen molar-refractivity contribution < 1.29 is 14.7 Å². The Bertz CT molecular complexity index is 742.